The van der Waals surface area contributed by atoms with Gasteiger partial charge in [-0.25, -0.2) is 4.99 Å². The SMILES string of the molecule is CC(OC(C)(C)C)[C@H]1CSC(=Nc2ccc([N+](=O)[O-])c3ccccc23)N1C. The van der Waals surface area contributed by atoms with Crippen LogP contribution in [0.5, 0.6) is 0 Å². The van der Waals surface area contributed by atoms with Crippen LogP contribution in [-0.4, -0.2) is 45.5 Å². The molecule has 0 saturated carbocycles. The number of aliphatic imine (C=N–C) groups is 1. The van der Waals surface area contributed by atoms with E-state index in [4.69, 9.17) is 9.73 Å². The standard InChI is InChI=1S/C20H25N3O3S/c1-13(26-20(2,3)4)18-12-27-19(22(18)5)21-16-10-11-17(23(24)25)15-9-7-6-8-14(15)16/h6-11,13,18H,12H2,1-5H3/t13?,18-/m1/s1. The molecule has 1 unspecified atom stereocenters. The lowest BCUT2D eigenvalue weighted by atomic mass is 10.1. The van der Waals surface area contributed by atoms with Gasteiger partial charge in [-0.3, -0.25) is 10.1 Å². The van der Waals surface area contributed by atoms with Gasteiger partial charge in [0, 0.05) is 24.3 Å². The Morgan fingerprint density at radius 3 is 2.56 bits per heavy atom. The van der Waals surface area contributed by atoms with Crippen molar-refractivity contribution in [1.29, 1.82) is 0 Å². The molecule has 0 radical (unpaired) electrons. The first-order valence-corrected chi connectivity index (χ1v) is 9.94. The number of ether oxygens (including phenoxy) is 1. The predicted octanol–water partition coefficient (Wildman–Crippen LogP) is 4.99. The highest BCUT2D eigenvalue weighted by molar-refractivity contribution is 8.14. The van der Waals surface area contributed by atoms with Crippen LogP contribution in [-0.2, 0) is 4.74 Å². The summed E-state index contributed by atoms with van der Waals surface area (Å²) in [7, 11) is 2.03. The molecule has 1 heterocycles. The molecular weight excluding hydrogens is 362 g/mol. The molecule has 2 aromatic carbocycles. The number of nitrogens with zero attached hydrogens (tertiary/aromatic N) is 3. The lowest BCUT2D eigenvalue weighted by Crippen LogP contribution is -2.42. The maximum Gasteiger partial charge on any atom is 0.277 e. The van der Waals surface area contributed by atoms with Gasteiger partial charge in [-0.05, 0) is 39.8 Å². The van der Waals surface area contributed by atoms with E-state index in [2.05, 4.69) is 32.6 Å². The maximum absolute atomic E-state index is 11.3. The van der Waals surface area contributed by atoms with Crippen molar-refractivity contribution in [3.05, 3.63) is 46.5 Å². The largest absolute Gasteiger partial charge is 0.371 e. The van der Waals surface area contributed by atoms with Crippen LogP contribution in [0.25, 0.3) is 10.8 Å². The normalized spacial score (nSPS) is 20.4. The van der Waals surface area contributed by atoms with Crippen LogP contribution in [0.15, 0.2) is 41.4 Å². The Balaban J connectivity index is 1.92. The van der Waals surface area contributed by atoms with Crippen LogP contribution in [0.4, 0.5) is 11.4 Å². The summed E-state index contributed by atoms with van der Waals surface area (Å²) in [6.45, 7) is 8.27. The van der Waals surface area contributed by atoms with E-state index in [-0.39, 0.29) is 28.4 Å². The fourth-order valence-electron chi connectivity index (χ4n) is 3.34. The fourth-order valence-corrected chi connectivity index (χ4v) is 4.66. The van der Waals surface area contributed by atoms with Gasteiger partial charge in [0.1, 0.15) is 0 Å². The molecule has 0 spiro atoms. The summed E-state index contributed by atoms with van der Waals surface area (Å²) in [5.74, 6) is 0.900. The number of fused-ring (bicyclic) bond motifs is 1. The minimum Gasteiger partial charge on any atom is -0.371 e. The third-order valence-electron chi connectivity index (χ3n) is 4.55. The van der Waals surface area contributed by atoms with E-state index >= 15 is 0 Å². The smallest absolute Gasteiger partial charge is 0.277 e. The van der Waals surface area contributed by atoms with Crippen molar-refractivity contribution in [3.8, 4) is 0 Å². The number of non-ortho nitro benzene ring substituents is 1. The quantitative estimate of drug-likeness (QED) is 0.546. The van der Waals surface area contributed by atoms with Crippen molar-refractivity contribution in [1.82, 2.24) is 4.90 Å². The Morgan fingerprint density at radius 2 is 1.93 bits per heavy atom. The fraction of sp³-hybridized carbons (Fsp3) is 0.450. The summed E-state index contributed by atoms with van der Waals surface area (Å²) < 4.78 is 6.12. The van der Waals surface area contributed by atoms with Gasteiger partial charge in [0.05, 0.1) is 33.7 Å². The molecule has 0 amide bonds. The molecule has 144 valence electrons. The number of nitro benzene ring substituents is 1. The van der Waals surface area contributed by atoms with Crippen molar-refractivity contribution in [2.45, 2.75) is 45.4 Å². The molecule has 3 rings (SSSR count). The van der Waals surface area contributed by atoms with Crippen LogP contribution < -0.4 is 0 Å². The Kier molecular flexibility index (Phi) is 5.44. The molecule has 1 aliphatic heterocycles. The topological polar surface area (TPSA) is 68.0 Å². The minimum atomic E-state index is -0.350. The number of hydrogen-bond donors (Lipinski definition) is 0. The molecule has 0 N–H and O–H groups in total. The molecule has 0 aromatic heterocycles. The summed E-state index contributed by atoms with van der Waals surface area (Å²) in [5.41, 5.74) is 0.655. The van der Waals surface area contributed by atoms with Gasteiger partial charge in [0.15, 0.2) is 5.17 Å². The molecular formula is C20H25N3O3S. The van der Waals surface area contributed by atoms with Crippen molar-refractivity contribution < 1.29 is 9.66 Å². The molecule has 1 aliphatic rings. The lowest BCUT2D eigenvalue weighted by molar-refractivity contribution is -0.383. The molecule has 7 heteroatoms. The second-order valence-corrected chi connectivity index (χ2v) is 8.71. The lowest BCUT2D eigenvalue weighted by Gasteiger charge is -2.32. The van der Waals surface area contributed by atoms with Crippen LogP contribution in [0.2, 0.25) is 0 Å². The molecule has 1 saturated heterocycles. The van der Waals surface area contributed by atoms with Gasteiger partial charge in [0.2, 0.25) is 0 Å². The zero-order valence-corrected chi connectivity index (χ0v) is 17.1. The third-order valence-corrected chi connectivity index (χ3v) is 5.70. The highest BCUT2D eigenvalue weighted by atomic mass is 32.2. The zero-order chi connectivity index (χ0) is 19.8. The number of nitro groups is 1. The Hall–Kier alpha value is -2.12. The second-order valence-electron chi connectivity index (χ2n) is 7.73. The van der Waals surface area contributed by atoms with Gasteiger partial charge >= 0.3 is 0 Å². The highest BCUT2D eigenvalue weighted by Crippen LogP contribution is 2.35. The van der Waals surface area contributed by atoms with Crippen LogP contribution in [0.1, 0.15) is 27.7 Å². The maximum atomic E-state index is 11.3. The summed E-state index contributed by atoms with van der Waals surface area (Å²) in [6.07, 6.45) is 0.0730. The molecule has 2 atom stereocenters. The van der Waals surface area contributed by atoms with Crippen molar-refractivity contribution in [2.24, 2.45) is 4.99 Å². The number of amidine groups is 1. The Morgan fingerprint density at radius 1 is 1.26 bits per heavy atom. The summed E-state index contributed by atoms with van der Waals surface area (Å²) >= 11 is 1.69. The van der Waals surface area contributed by atoms with Crippen LogP contribution in [0, 0.1) is 10.1 Å². The molecule has 6 nitrogen and oxygen atoms in total. The third kappa shape index (κ3) is 4.25. The Labute approximate surface area is 163 Å². The first-order chi connectivity index (χ1) is 12.7. The monoisotopic (exact) mass is 387 g/mol. The average molecular weight is 388 g/mol. The minimum absolute atomic E-state index is 0.0730. The van der Waals surface area contributed by atoms with Gasteiger partial charge in [-0.2, -0.15) is 0 Å². The molecule has 0 bridgehead atoms. The van der Waals surface area contributed by atoms with Gasteiger partial charge < -0.3 is 9.64 Å². The molecule has 27 heavy (non-hydrogen) atoms. The summed E-state index contributed by atoms with van der Waals surface area (Å²) in [4.78, 5) is 17.9. The van der Waals surface area contributed by atoms with E-state index in [1.54, 1.807) is 23.9 Å². The predicted molar refractivity (Wildman–Crippen MR) is 112 cm³/mol. The van der Waals surface area contributed by atoms with Crippen molar-refractivity contribution >= 4 is 39.1 Å². The molecule has 0 aliphatic carbocycles. The van der Waals surface area contributed by atoms with Crippen molar-refractivity contribution in [2.75, 3.05) is 12.8 Å². The van der Waals surface area contributed by atoms with E-state index in [1.807, 2.05) is 25.2 Å². The highest BCUT2D eigenvalue weighted by Gasteiger charge is 2.34. The Bertz CT molecular complexity index is 892. The van der Waals surface area contributed by atoms with Gasteiger partial charge in [-0.1, -0.05) is 30.0 Å². The van der Waals surface area contributed by atoms with E-state index < -0.39 is 0 Å². The van der Waals surface area contributed by atoms with Crippen LogP contribution >= 0.6 is 11.8 Å². The molecule has 1 fully saturated rings. The number of rotatable bonds is 4. The summed E-state index contributed by atoms with van der Waals surface area (Å²) in [5, 5.41) is 13.6. The second kappa shape index (κ2) is 7.48. The first kappa shape index (κ1) is 19.6. The number of benzene rings is 2. The molecule has 2 aromatic rings. The van der Waals surface area contributed by atoms with Gasteiger partial charge in [0.25, 0.3) is 5.69 Å². The zero-order valence-electron chi connectivity index (χ0n) is 16.3. The van der Waals surface area contributed by atoms with E-state index in [9.17, 15) is 10.1 Å². The van der Waals surface area contributed by atoms with Crippen LogP contribution in [0.3, 0.4) is 0 Å². The summed E-state index contributed by atoms with van der Waals surface area (Å²) in [6, 6.07) is 10.8. The van der Waals surface area contributed by atoms with E-state index in [1.165, 1.54) is 6.07 Å². The average Bonchev–Trinajstić information content (AvgIpc) is 2.94. The van der Waals surface area contributed by atoms with Gasteiger partial charge in [-0.15, -0.1) is 0 Å². The van der Waals surface area contributed by atoms with Crippen molar-refractivity contribution in [3.63, 3.8) is 0 Å². The number of thioether (sulfide) groups is 1. The van der Waals surface area contributed by atoms with E-state index in [0.717, 1.165) is 22.0 Å². The van der Waals surface area contributed by atoms with E-state index in [0.29, 0.717) is 5.39 Å². The number of likely N-dealkylation sites (N-methyl/N-ethyl adjacent to an activating group) is 1. The first-order valence-electron chi connectivity index (χ1n) is 8.95. The number of hydrogen-bond acceptors (Lipinski definition) is 5.